The summed E-state index contributed by atoms with van der Waals surface area (Å²) in [5.74, 6) is 2.96. The first-order valence-electron chi connectivity index (χ1n) is 8.34. The Morgan fingerprint density at radius 3 is 2.72 bits per heavy atom. The van der Waals surface area contributed by atoms with E-state index in [1.807, 2.05) is 36.4 Å². The summed E-state index contributed by atoms with van der Waals surface area (Å²) in [5, 5.41) is 0.590. The Kier molecular flexibility index (Phi) is 4.59. The Morgan fingerprint density at radius 1 is 1.04 bits per heavy atom. The van der Waals surface area contributed by atoms with Crippen molar-refractivity contribution < 1.29 is 18.9 Å². The van der Waals surface area contributed by atoms with E-state index < -0.39 is 0 Å². The van der Waals surface area contributed by atoms with E-state index in [2.05, 4.69) is 11.9 Å². The molecule has 2 aliphatic rings. The van der Waals surface area contributed by atoms with Gasteiger partial charge in [-0.1, -0.05) is 23.7 Å². The molecule has 0 bridgehead atoms. The zero-order valence-corrected chi connectivity index (χ0v) is 14.8. The lowest BCUT2D eigenvalue weighted by Gasteiger charge is -2.29. The van der Waals surface area contributed by atoms with Gasteiger partial charge in [0.25, 0.3) is 0 Å². The van der Waals surface area contributed by atoms with Crippen molar-refractivity contribution in [2.24, 2.45) is 0 Å². The van der Waals surface area contributed by atoms with Crippen LogP contribution in [0.1, 0.15) is 5.56 Å². The van der Waals surface area contributed by atoms with Crippen LogP contribution in [0.5, 0.6) is 23.0 Å². The van der Waals surface area contributed by atoms with E-state index in [4.69, 9.17) is 30.5 Å². The molecule has 132 valence electrons. The van der Waals surface area contributed by atoms with Crippen molar-refractivity contribution in [1.82, 2.24) is 4.90 Å². The SMILES string of the molecule is CN(Cc1cc(Cl)c2c(c1)OCCO2)CC1COc2ccccc2O1. The van der Waals surface area contributed by atoms with Crippen LogP contribution in [0.25, 0.3) is 0 Å². The summed E-state index contributed by atoms with van der Waals surface area (Å²) in [6.45, 7) is 3.11. The molecule has 0 aliphatic carbocycles. The predicted octanol–water partition coefficient (Wildman–Crippen LogP) is 3.38. The molecule has 2 aliphatic heterocycles. The first kappa shape index (κ1) is 16.4. The number of hydrogen-bond acceptors (Lipinski definition) is 5. The van der Waals surface area contributed by atoms with E-state index in [9.17, 15) is 0 Å². The van der Waals surface area contributed by atoms with Crippen LogP contribution < -0.4 is 18.9 Å². The second-order valence-corrected chi connectivity index (χ2v) is 6.70. The topological polar surface area (TPSA) is 40.2 Å². The molecule has 2 aromatic carbocycles. The Labute approximate surface area is 152 Å². The standard InChI is InChI=1S/C19H20ClNO4/c1-21(11-14-12-24-16-4-2-3-5-17(16)25-14)10-13-8-15(20)19-18(9-13)22-6-7-23-19/h2-5,8-9,14H,6-7,10-12H2,1H3. The van der Waals surface area contributed by atoms with Crippen LogP contribution in [-0.2, 0) is 6.54 Å². The third kappa shape index (κ3) is 3.62. The molecule has 2 heterocycles. The van der Waals surface area contributed by atoms with Crippen molar-refractivity contribution in [3.63, 3.8) is 0 Å². The highest BCUT2D eigenvalue weighted by Crippen LogP contribution is 2.38. The van der Waals surface area contributed by atoms with Crippen LogP contribution in [0, 0.1) is 0 Å². The van der Waals surface area contributed by atoms with E-state index in [-0.39, 0.29) is 6.10 Å². The second kappa shape index (κ2) is 7.02. The Balaban J connectivity index is 1.40. The predicted molar refractivity (Wildman–Crippen MR) is 95.1 cm³/mol. The number of likely N-dealkylation sites (N-methyl/N-ethyl adjacent to an activating group) is 1. The number of fused-ring (bicyclic) bond motifs is 2. The van der Waals surface area contributed by atoms with E-state index in [1.165, 1.54) is 0 Å². The minimum Gasteiger partial charge on any atom is -0.486 e. The molecule has 6 heteroatoms. The average molecular weight is 362 g/mol. The first-order valence-corrected chi connectivity index (χ1v) is 8.72. The highest BCUT2D eigenvalue weighted by Gasteiger charge is 2.23. The summed E-state index contributed by atoms with van der Waals surface area (Å²) in [7, 11) is 2.05. The Hall–Kier alpha value is -2.11. The maximum atomic E-state index is 6.31. The number of rotatable bonds is 4. The molecule has 0 amide bonds. The van der Waals surface area contributed by atoms with Gasteiger partial charge in [0.2, 0.25) is 0 Å². The van der Waals surface area contributed by atoms with Gasteiger partial charge >= 0.3 is 0 Å². The van der Waals surface area contributed by atoms with E-state index >= 15 is 0 Å². The van der Waals surface area contributed by atoms with Crippen LogP contribution in [0.2, 0.25) is 5.02 Å². The molecule has 1 atom stereocenters. The molecule has 0 saturated heterocycles. The zero-order valence-electron chi connectivity index (χ0n) is 14.0. The van der Waals surface area contributed by atoms with Crippen LogP contribution in [-0.4, -0.2) is 44.4 Å². The second-order valence-electron chi connectivity index (χ2n) is 6.30. The smallest absolute Gasteiger partial charge is 0.179 e. The quantitative estimate of drug-likeness (QED) is 0.835. The van der Waals surface area contributed by atoms with Gasteiger partial charge in [-0.3, -0.25) is 4.90 Å². The molecule has 0 saturated carbocycles. The van der Waals surface area contributed by atoms with E-state index in [0.29, 0.717) is 36.3 Å². The van der Waals surface area contributed by atoms with Gasteiger partial charge in [0, 0.05) is 13.1 Å². The fraction of sp³-hybridized carbons (Fsp3) is 0.368. The van der Waals surface area contributed by atoms with E-state index in [1.54, 1.807) is 0 Å². The number of benzene rings is 2. The molecule has 0 aromatic heterocycles. The van der Waals surface area contributed by atoms with Gasteiger partial charge in [0.1, 0.15) is 25.9 Å². The van der Waals surface area contributed by atoms with Gasteiger partial charge in [0.05, 0.1) is 5.02 Å². The normalized spacial score (nSPS) is 18.3. The summed E-state index contributed by atoms with van der Waals surface area (Å²) < 4.78 is 23.0. The van der Waals surface area contributed by atoms with Crippen molar-refractivity contribution in [3.8, 4) is 23.0 Å². The number of para-hydroxylation sites is 2. The lowest BCUT2D eigenvalue weighted by molar-refractivity contribution is 0.0637. The van der Waals surface area contributed by atoms with Gasteiger partial charge in [-0.2, -0.15) is 0 Å². The monoisotopic (exact) mass is 361 g/mol. The lowest BCUT2D eigenvalue weighted by atomic mass is 10.1. The fourth-order valence-corrected chi connectivity index (χ4v) is 3.42. The fourth-order valence-electron chi connectivity index (χ4n) is 3.13. The first-order chi connectivity index (χ1) is 12.2. The molecule has 2 aromatic rings. The Bertz CT molecular complexity index is 767. The average Bonchev–Trinajstić information content (AvgIpc) is 2.61. The number of nitrogens with zero attached hydrogens (tertiary/aromatic N) is 1. The molecular weight excluding hydrogens is 342 g/mol. The van der Waals surface area contributed by atoms with Crippen molar-refractivity contribution in [2.45, 2.75) is 12.6 Å². The lowest BCUT2D eigenvalue weighted by Crippen LogP contribution is -2.39. The highest BCUT2D eigenvalue weighted by atomic mass is 35.5. The van der Waals surface area contributed by atoms with Crippen molar-refractivity contribution in [3.05, 3.63) is 47.0 Å². The Morgan fingerprint density at radius 2 is 1.84 bits per heavy atom. The summed E-state index contributed by atoms with van der Waals surface area (Å²) >= 11 is 6.31. The van der Waals surface area contributed by atoms with E-state index in [0.717, 1.165) is 30.2 Å². The maximum Gasteiger partial charge on any atom is 0.179 e. The van der Waals surface area contributed by atoms with Crippen LogP contribution >= 0.6 is 11.6 Å². The number of halogens is 1. The van der Waals surface area contributed by atoms with Gasteiger partial charge in [-0.15, -0.1) is 0 Å². The molecule has 25 heavy (non-hydrogen) atoms. The van der Waals surface area contributed by atoms with Crippen LogP contribution in [0.15, 0.2) is 36.4 Å². The van der Waals surface area contributed by atoms with Crippen LogP contribution in [0.4, 0.5) is 0 Å². The highest BCUT2D eigenvalue weighted by molar-refractivity contribution is 6.32. The zero-order chi connectivity index (χ0) is 17.2. The third-order valence-corrected chi connectivity index (χ3v) is 4.47. The van der Waals surface area contributed by atoms with Gasteiger partial charge in [-0.25, -0.2) is 0 Å². The molecular formula is C19H20ClNO4. The minimum atomic E-state index is -0.00687. The van der Waals surface area contributed by atoms with Crippen molar-refractivity contribution in [1.29, 1.82) is 0 Å². The van der Waals surface area contributed by atoms with Gasteiger partial charge in [-0.05, 0) is 36.9 Å². The van der Waals surface area contributed by atoms with Gasteiger partial charge in [0.15, 0.2) is 23.0 Å². The third-order valence-electron chi connectivity index (χ3n) is 4.19. The molecule has 0 spiro atoms. The molecule has 1 unspecified atom stereocenters. The summed E-state index contributed by atoms with van der Waals surface area (Å²) in [6, 6.07) is 11.7. The molecule has 5 nitrogen and oxygen atoms in total. The summed E-state index contributed by atoms with van der Waals surface area (Å²) in [4.78, 5) is 2.18. The van der Waals surface area contributed by atoms with Crippen molar-refractivity contribution >= 4 is 11.6 Å². The number of hydrogen-bond donors (Lipinski definition) is 0. The molecule has 0 N–H and O–H groups in total. The van der Waals surface area contributed by atoms with Gasteiger partial charge < -0.3 is 18.9 Å². The largest absolute Gasteiger partial charge is 0.486 e. The molecule has 4 rings (SSSR count). The molecule has 0 radical (unpaired) electrons. The van der Waals surface area contributed by atoms with Crippen molar-refractivity contribution in [2.75, 3.05) is 33.4 Å². The van der Waals surface area contributed by atoms with Crippen LogP contribution in [0.3, 0.4) is 0 Å². The summed E-state index contributed by atoms with van der Waals surface area (Å²) in [5.41, 5.74) is 1.08. The summed E-state index contributed by atoms with van der Waals surface area (Å²) in [6.07, 6.45) is -0.00687. The minimum absolute atomic E-state index is 0.00687. The number of ether oxygens (including phenoxy) is 4. The maximum absolute atomic E-state index is 6.31. The molecule has 0 fully saturated rings.